The summed E-state index contributed by atoms with van der Waals surface area (Å²) in [6.45, 7) is 4.38. The molecule has 7 heteroatoms. The van der Waals surface area contributed by atoms with Gasteiger partial charge in [0.2, 0.25) is 0 Å². The van der Waals surface area contributed by atoms with E-state index < -0.39 is 9.84 Å². The third kappa shape index (κ3) is 5.34. The number of nitrogens with one attached hydrogen (secondary N) is 1. The van der Waals surface area contributed by atoms with E-state index in [0.717, 1.165) is 31.6 Å². The molecule has 0 bridgehead atoms. The van der Waals surface area contributed by atoms with E-state index in [1.165, 1.54) is 0 Å². The minimum atomic E-state index is -3.39. The standard InChI is InChI=1S/C21H26N2O3S.ClH/c1-16-3-9-20(10-4-16)27(25,26)15-17-5-7-19(8-6-17)21(24)23-12-11-18(14-23)13-22-2;/h3-10,18,22H,11-15H2,1-2H3;1H. The van der Waals surface area contributed by atoms with Gasteiger partial charge in [-0.1, -0.05) is 29.8 Å². The molecule has 3 rings (SSSR count). The highest BCUT2D eigenvalue weighted by molar-refractivity contribution is 7.90. The fourth-order valence-electron chi connectivity index (χ4n) is 3.45. The van der Waals surface area contributed by atoms with Crippen molar-refractivity contribution in [2.24, 2.45) is 5.92 Å². The molecule has 1 fully saturated rings. The highest BCUT2D eigenvalue weighted by atomic mass is 35.5. The maximum Gasteiger partial charge on any atom is 0.253 e. The molecule has 1 aliphatic rings. The fraction of sp³-hybridized carbons (Fsp3) is 0.381. The third-order valence-corrected chi connectivity index (χ3v) is 6.71. The number of sulfone groups is 1. The van der Waals surface area contributed by atoms with Crippen LogP contribution in [0.4, 0.5) is 0 Å². The highest BCUT2D eigenvalue weighted by Crippen LogP contribution is 2.20. The zero-order valence-corrected chi connectivity index (χ0v) is 17.9. The van der Waals surface area contributed by atoms with Crippen molar-refractivity contribution in [2.45, 2.75) is 24.0 Å². The van der Waals surface area contributed by atoms with Gasteiger partial charge in [0.15, 0.2) is 9.84 Å². The SMILES string of the molecule is CNCC1CCN(C(=O)c2ccc(CS(=O)(=O)c3ccc(C)cc3)cc2)C1.Cl. The Morgan fingerprint density at radius 3 is 2.36 bits per heavy atom. The molecular formula is C21H27ClN2O3S. The van der Waals surface area contributed by atoms with Gasteiger partial charge in [-0.25, -0.2) is 8.42 Å². The van der Waals surface area contributed by atoms with E-state index >= 15 is 0 Å². The van der Waals surface area contributed by atoms with E-state index in [2.05, 4.69) is 5.32 Å². The van der Waals surface area contributed by atoms with Crippen molar-refractivity contribution in [1.82, 2.24) is 10.2 Å². The summed E-state index contributed by atoms with van der Waals surface area (Å²) in [5.41, 5.74) is 2.31. The maximum absolute atomic E-state index is 12.6. The number of benzene rings is 2. The average Bonchev–Trinajstić information content (AvgIpc) is 3.11. The van der Waals surface area contributed by atoms with Crippen molar-refractivity contribution in [1.29, 1.82) is 0 Å². The lowest BCUT2D eigenvalue weighted by Gasteiger charge is -2.17. The molecule has 1 aliphatic heterocycles. The molecule has 0 spiro atoms. The molecule has 1 unspecified atom stereocenters. The second-order valence-electron chi connectivity index (χ2n) is 7.23. The molecule has 1 saturated heterocycles. The summed E-state index contributed by atoms with van der Waals surface area (Å²) in [5, 5.41) is 3.16. The first-order valence-corrected chi connectivity index (χ1v) is 10.9. The normalized spacial score (nSPS) is 16.6. The number of nitrogens with zero attached hydrogens (tertiary/aromatic N) is 1. The van der Waals surface area contributed by atoms with Gasteiger partial charge in [0.25, 0.3) is 5.91 Å². The quantitative estimate of drug-likeness (QED) is 0.776. The summed E-state index contributed by atoms with van der Waals surface area (Å²) in [5.74, 6) is 0.442. The van der Waals surface area contributed by atoms with E-state index in [-0.39, 0.29) is 24.1 Å². The molecular weight excluding hydrogens is 396 g/mol. The van der Waals surface area contributed by atoms with Gasteiger partial charge in [-0.05, 0) is 62.7 Å². The molecule has 2 aromatic carbocycles. The maximum atomic E-state index is 12.6. The fourth-order valence-corrected chi connectivity index (χ4v) is 4.80. The predicted octanol–water partition coefficient (Wildman–Crippen LogP) is 3.07. The minimum absolute atomic E-state index is 0. The van der Waals surface area contributed by atoms with Crippen LogP contribution in [0.3, 0.4) is 0 Å². The van der Waals surface area contributed by atoms with Gasteiger partial charge in [0.1, 0.15) is 0 Å². The summed E-state index contributed by atoms with van der Waals surface area (Å²) < 4.78 is 25.1. The first kappa shape index (κ1) is 22.4. The Morgan fingerprint density at radius 2 is 1.75 bits per heavy atom. The van der Waals surface area contributed by atoms with E-state index in [9.17, 15) is 13.2 Å². The van der Waals surface area contributed by atoms with Gasteiger partial charge in [-0.2, -0.15) is 0 Å². The number of halogens is 1. The third-order valence-electron chi connectivity index (χ3n) is 5.00. The lowest BCUT2D eigenvalue weighted by atomic mass is 10.1. The van der Waals surface area contributed by atoms with E-state index in [0.29, 0.717) is 21.9 Å². The van der Waals surface area contributed by atoms with Crippen LogP contribution in [-0.2, 0) is 15.6 Å². The highest BCUT2D eigenvalue weighted by Gasteiger charge is 2.26. The van der Waals surface area contributed by atoms with Gasteiger partial charge in [0.05, 0.1) is 10.6 Å². The lowest BCUT2D eigenvalue weighted by molar-refractivity contribution is 0.0787. The predicted molar refractivity (Wildman–Crippen MR) is 114 cm³/mol. The van der Waals surface area contributed by atoms with Gasteiger partial charge >= 0.3 is 0 Å². The Balaban J connectivity index is 0.00000280. The second-order valence-corrected chi connectivity index (χ2v) is 9.22. The van der Waals surface area contributed by atoms with Crippen LogP contribution in [0.15, 0.2) is 53.4 Å². The zero-order valence-electron chi connectivity index (χ0n) is 16.2. The molecule has 1 N–H and O–H groups in total. The number of aryl methyl sites for hydroxylation is 1. The summed E-state index contributed by atoms with van der Waals surface area (Å²) in [6, 6.07) is 13.8. The van der Waals surface area contributed by atoms with E-state index in [1.807, 2.05) is 18.9 Å². The second kappa shape index (κ2) is 9.54. The van der Waals surface area contributed by atoms with Crippen LogP contribution in [0.25, 0.3) is 0 Å². The van der Waals surface area contributed by atoms with Gasteiger partial charge in [-0.3, -0.25) is 4.79 Å². The minimum Gasteiger partial charge on any atom is -0.338 e. The molecule has 0 aromatic heterocycles. The summed E-state index contributed by atoms with van der Waals surface area (Å²) in [4.78, 5) is 14.8. The van der Waals surface area contributed by atoms with Crippen molar-refractivity contribution >= 4 is 28.2 Å². The first-order chi connectivity index (χ1) is 12.9. The van der Waals surface area contributed by atoms with Crippen LogP contribution in [0.5, 0.6) is 0 Å². The van der Waals surface area contributed by atoms with Crippen molar-refractivity contribution in [2.75, 3.05) is 26.7 Å². The largest absolute Gasteiger partial charge is 0.338 e. The molecule has 0 radical (unpaired) electrons. The smallest absolute Gasteiger partial charge is 0.253 e. The Labute approximate surface area is 173 Å². The Bertz CT molecular complexity index is 896. The lowest BCUT2D eigenvalue weighted by Crippen LogP contribution is -2.30. The molecule has 1 amide bonds. The number of likely N-dealkylation sites (tertiary alicyclic amines) is 1. The van der Waals surface area contributed by atoms with E-state index in [1.54, 1.807) is 48.5 Å². The van der Waals surface area contributed by atoms with Crippen LogP contribution in [0.1, 0.15) is 27.9 Å². The monoisotopic (exact) mass is 422 g/mol. The first-order valence-electron chi connectivity index (χ1n) is 9.21. The molecule has 5 nitrogen and oxygen atoms in total. The Hall–Kier alpha value is -1.89. The van der Waals surface area contributed by atoms with Crippen LogP contribution in [0, 0.1) is 12.8 Å². The van der Waals surface area contributed by atoms with E-state index in [4.69, 9.17) is 0 Å². The van der Waals surface area contributed by atoms with Gasteiger partial charge < -0.3 is 10.2 Å². The van der Waals surface area contributed by atoms with Crippen molar-refractivity contribution in [3.05, 3.63) is 65.2 Å². The number of amides is 1. The Kier molecular flexibility index (Phi) is 7.63. The van der Waals surface area contributed by atoms with Crippen molar-refractivity contribution in [3.8, 4) is 0 Å². The number of hydrogen-bond donors (Lipinski definition) is 1. The summed E-state index contributed by atoms with van der Waals surface area (Å²) in [7, 11) is -1.47. The van der Waals surface area contributed by atoms with Crippen LogP contribution in [0.2, 0.25) is 0 Å². The summed E-state index contributed by atoms with van der Waals surface area (Å²) in [6.07, 6.45) is 1.01. The van der Waals surface area contributed by atoms with Crippen LogP contribution in [-0.4, -0.2) is 45.9 Å². The zero-order chi connectivity index (χ0) is 19.4. The molecule has 152 valence electrons. The molecule has 2 aromatic rings. The summed E-state index contributed by atoms with van der Waals surface area (Å²) >= 11 is 0. The number of hydrogen-bond acceptors (Lipinski definition) is 4. The average molecular weight is 423 g/mol. The van der Waals surface area contributed by atoms with Crippen molar-refractivity contribution in [3.63, 3.8) is 0 Å². The topological polar surface area (TPSA) is 66.5 Å². The molecule has 28 heavy (non-hydrogen) atoms. The van der Waals surface area contributed by atoms with Crippen LogP contribution < -0.4 is 5.32 Å². The number of carbonyl (C=O) groups excluding carboxylic acids is 1. The number of rotatable bonds is 6. The molecule has 0 saturated carbocycles. The van der Waals surface area contributed by atoms with Crippen molar-refractivity contribution < 1.29 is 13.2 Å². The molecule has 0 aliphatic carbocycles. The van der Waals surface area contributed by atoms with Crippen LogP contribution >= 0.6 is 12.4 Å². The molecule has 1 heterocycles. The Morgan fingerprint density at radius 1 is 1.11 bits per heavy atom. The number of carbonyl (C=O) groups is 1. The van der Waals surface area contributed by atoms with Gasteiger partial charge in [0, 0.05) is 18.7 Å². The molecule has 1 atom stereocenters. The van der Waals surface area contributed by atoms with Gasteiger partial charge in [-0.15, -0.1) is 12.4 Å².